The zero-order chi connectivity index (χ0) is 32.0. The molecule has 2 unspecified atom stereocenters. The predicted octanol–water partition coefficient (Wildman–Crippen LogP) is 0.755. The first-order chi connectivity index (χ1) is 20.8. The highest BCUT2D eigenvalue weighted by Crippen LogP contribution is 2.61. The molecule has 5 rings (SSSR count). The molecule has 0 aliphatic carbocycles. The van der Waals surface area contributed by atoms with Crippen LogP contribution in [-0.4, -0.2) is 95.7 Å². The number of carbonyl (C=O) groups excluding carboxylic acids is 1. The first kappa shape index (κ1) is 32.8. The quantitative estimate of drug-likeness (QED) is 0.312. The van der Waals surface area contributed by atoms with E-state index in [0.29, 0.717) is 23.1 Å². The van der Waals surface area contributed by atoms with Crippen molar-refractivity contribution in [3.05, 3.63) is 33.1 Å². The number of hydrogen-bond acceptors (Lipinski definition) is 15. The molecule has 2 atom stereocenters. The summed E-state index contributed by atoms with van der Waals surface area (Å²) in [6, 6.07) is -1.54. The lowest BCUT2D eigenvalue weighted by molar-refractivity contribution is -0.175. The topological polar surface area (TPSA) is 220 Å². The molecule has 2 fully saturated rings. The Bertz CT molecular complexity index is 1680. The molecule has 2 aromatic rings. The number of ether oxygens (including phenoxy) is 5. The number of anilines is 1. The molecule has 2 aromatic heterocycles. The Hall–Kier alpha value is -2.57. The zero-order valence-corrected chi connectivity index (χ0v) is 26.2. The van der Waals surface area contributed by atoms with Crippen LogP contribution in [0.1, 0.15) is 16.3 Å². The third kappa shape index (κ3) is 5.24. The molecule has 0 bridgehead atoms. The average molecular weight is 701 g/mol. The third-order valence-corrected chi connectivity index (χ3v) is 12.6. The van der Waals surface area contributed by atoms with Crippen molar-refractivity contribution in [2.24, 2.45) is 5.14 Å². The molecular formula is C22H26F2N6O10S4. The van der Waals surface area contributed by atoms with E-state index in [-0.39, 0.29) is 49.1 Å². The van der Waals surface area contributed by atoms with Crippen LogP contribution in [0.3, 0.4) is 0 Å². The first-order valence-electron chi connectivity index (χ1n) is 12.5. The van der Waals surface area contributed by atoms with Crippen LogP contribution < -0.4 is 19.9 Å². The number of aromatic nitrogens is 3. The number of primary sulfonamides is 1. The summed E-state index contributed by atoms with van der Waals surface area (Å²) in [5.74, 6) is -2.41. The van der Waals surface area contributed by atoms with E-state index in [1.807, 2.05) is 4.72 Å². The summed E-state index contributed by atoms with van der Waals surface area (Å²) in [6.45, 7) is -1.80. The van der Waals surface area contributed by atoms with E-state index in [9.17, 15) is 26.0 Å². The Morgan fingerprint density at radius 2 is 1.80 bits per heavy atom. The van der Waals surface area contributed by atoms with Crippen LogP contribution >= 0.6 is 23.1 Å². The second kappa shape index (κ2) is 12.0. The normalized spacial score (nSPS) is 25.4. The summed E-state index contributed by atoms with van der Waals surface area (Å²) in [5, 5.41) is 10.1. The van der Waals surface area contributed by atoms with Crippen molar-refractivity contribution in [2.45, 2.75) is 33.4 Å². The number of thioether (sulfide) groups is 1. The smallest absolute Gasteiger partial charge is 0.335 e. The molecule has 3 aliphatic heterocycles. The number of aryl methyl sites for hydroxylation is 1. The van der Waals surface area contributed by atoms with Gasteiger partial charge >= 0.3 is 12.0 Å². The van der Waals surface area contributed by atoms with Gasteiger partial charge in [0.2, 0.25) is 21.8 Å². The number of nitrogens with zero attached hydrogens (tertiary/aromatic N) is 3. The molecule has 242 valence electrons. The SMILES string of the molecule is COc1nc(C)nc(NC(=O)NS(=O)(=O)C2(C3OCCO3)C=CSC2(CF)c2csc(C3(CF)OCCO3)c2S(N)(=O)=O)n1. The van der Waals surface area contributed by atoms with Crippen molar-refractivity contribution in [3.63, 3.8) is 0 Å². The Labute approximate surface area is 258 Å². The van der Waals surface area contributed by atoms with Crippen LogP contribution in [0.4, 0.5) is 19.5 Å². The van der Waals surface area contributed by atoms with Crippen LogP contribution in [0.5, 0.6) is 6.01 Å². The van der Waals surface area contributed by atoms with Crippen molar-refractivity contribution in [1.82, 2.24) is 19.7 Å². The van der Waals surface area contributed by atoms with Crippen molar-refractivity contribution in [2.75, 3.05) is 52.2 Å². The fourth-order valence-electron chi connectivity index (χ4n) is 5.10. The Kier molecular flexibility index (Phi) is 8.94. The summed E-state index contributed by atoms with van der Waals surface area (Å²) in [7, 11) is -8.70. The van der Waals surface area contributed by atoms with Gasteiger partial charge in [0.1, 0.15) is 28.8 Å². The Morgan fingerprint density at radius 1 is 1.11 bits per heavy atom. The van der Waals surface area contributed by atoms with Gasteiger partial charge in [-0.05, 0) is 23.8 Å². The van der Waals surface area contributed by atoms with E-state index in [1.165, 1.54) is 19.4 Å². The zero-order valence-electron chi connectivity index (χ0n) is 22.9. The fourth-order valence-corrected chi connectivity index (χ4v) is 11.4. The van der Waals surface area contributed by atoms with Gasteiger partial charge in [-0.25, -0.2) is 40.3 Å². The molecule has 22 heteroatoms. The average Bonchev–Trinajstić information content (AvgIpc) is 3.77. The summed E-state index contributed by atoms with van der Waals surface area (Å²) in [5.41, 5.74) is -0.452. The fraction of sp³-hybridized carbons (Fsp3) is 0.545. The van der Waals surface area contributed by atoms with Gasteiger partial charge < -0.3 is 23.7 Å². The Morgan fingerprint density at radius 3 is 2.39 bits per heavy atom. The van der Waals surface area contributed by atoms with Crippen LogP contribution in [0, 0.1) is 6.92 Å². The van der Waals surface area contributed by atoms with Gasteiger partial charge in [-0.1, -0.05) is 0 Å². The molecule has 0 spiro atoms. The monoisotopic (exact) mass is 700 g/mol. The van der Waals surface area contributed by atoms with Crippen LogP contribution in [0.25, 0.3) is 0 Å². The maximum Gasteiger partial charge on any atom is 0.335 e. The second-order valence-electron chi connectivity index (χ2n) is 9.44. The number of alkyl halides is 2. The maximum atomic E-state index is 15.7. The number of halogens is 2. The number of hydrogen-bond donors (Lipinski definition) is 3. The summed E-state index contributed by atoms with van der Waals surface area (Å²) >= 11 is 1.22. The number of urea groups is 1. The third-order valence-electron chi connectivity index (χ3n) is 6.92. The molecule has 0 radical (unpaired) electrons. The van der Waals surface area contributed by atoms with Gasteiger partial charge in [-0.3, -0.25) is 5.32 Å². The number of carbonyl (C=O) groups is 1. The van der Waals surface area contributed by atoms with Crippen molar-refractivity contribution < 1.29 is 54.1 Å². The largest absolute Gasteiger partial charge is 0.467 e. The molecule has 2 saturated heterocycles. The highest BCUT2D eigenvalue weighted by molar-refractivity contribution is 8.05. The van der Waals surface area contributed by atoms with Crippen molar-refractivity contribution in [1.29, 1.82) is 0 Å². The summed E-state index contributed by atoms with van der Waals surface area (Å²) in [6.07, 6.45) is -0.711. The van der Waals surface area contributed by atoms with E-state index in [1.54, 1.807) is 0 Å². The van der Waals surface area contributed by atoms with Gasteiger partial charge in [0.15, 0.2) is 11.0 Å². The van der Waals surface area contributed by atoms with E-state index in [0.717, 1.165) is 11.5 Å². The van der Waals surface area contributed by atoms with Crippen LogP contribution in [0.2, 0.25) is 0 Å². The molecule has 0 aromatic carbocycles. The second-order valence-corrected chi connectivity index (χ2v) is 14.9. The molecule has 16 nitrogen and oxygen atoms in total. The van der Waals surface area contributed by atoms with E-state index < -0.39 is 71.5 Å². The number of thiophene rings is 1. The lowest BCUT2D eigenvalue weighted by Gasteiger charge is -2.44. The maximum absolute atomic E-state index is 15.7. The molecular weight excluding hydrogens is 675 g/mol. The number of rotatable bonds is 10. The number of sulfonamides is 2. The van der Waals surface area contributed by atoms with Gasteiger partial charge in [0.25, 0.3) is 10.0 Å². The minimum Gasteiger partial charge on any atom is -0.467 e. The number of nitrogens with one attached hydrogen (secondary N) is 2. The van der Waals surface area contributed by atoms with Gasteiger partial charge in [0.05, 0.1) is 38.4 Å². The highest BCUT2D eigenvalue weighted by atomic mass is 32.2. The van der Waals surface area contributed by atoms with E-state index in [2.05, 4.69) is 20.3 Å². The van der Waals surface area contributed by atoms with Crippen LogP contribution in [0.15, 0.2) is 21.8 Å². The summed E-state index contributed by atoms with van der Waals surface area (Å²) in [4.78, 5) is 23.5. The van der Waals surface area contributed by atoms with Crippen LogP contribution in [-0.2, 0) is 49.5 Å². The number of nitrogens with two attached hydrogens (primary N) is 1. The van der Waals surface area contributed by atoms with Gasteiger partial charge in [0, 0.05) is 5.56 Å². The molecule has 4 N–H and O–H groups in total. The molecule has 5 heterocycles. The molecule has 44 heavy (non-hydrogen) atoms. The lowest BCUT2D eigenvalue weighted by atomic mass is 9.85. The molecule has 3 aliphatic rings. The van der Waals surface area contributed by atoms with Gasteiger partial charge in [-0.15, -0.1) is 23.1 Å². The first-order valence-corrected chi connectivity index (χ1v) is 17.3. The summed E-state index contributed by atoms with van der Waals surface area (Å²) < 4.78 is 109. The molecule has 0 saturated carbocycles. The minimum absolute atomic E-state index is 0.0839. The standard InChI is InChI=1S/C22H26F2N6O10S4/c1-12-26-17(29-19(27-12)36-2)28-18(31)30-44(34,35)21(16-37-4-5-38-16)3-8-42-20(21,10-23)13-9-41-15(14(13)43(25,32)33)22(11-24)39-6-7-40-22/h3,8-9,16H,4-7,10-11H2,1-2H3,(H2,25,32,33)(H2,26,27,28,29,30,31). The van der Waals surface area contributed by atoms with Crippen molar-refractivity contribution in [3.8, 4) is 6.01 Å². The number of amides is 2. The van der Waals surface area contributed by atoms with Crippen molar-refractivity contribution >= 4 is 55.1 Å². The highest BCUT2D eigenvalue weighted by Gasteiger charge is 2.70. The minimum atomic E-state index is -5.14. The van der Waals surface area contributed by atoms with E-state index in [4.69, 9.17) is 28.8 Å². The van der Waals surface area contributed by atoms with Gasteiger partial charge in [-0.2, -0.15) is 15.0 Å². The van der Waals surface area contributed by atoms with E-state index >= 15 is 4.39 Å². The lowest BCUT2D eigenvalue weighted by Crippen LogP contribution is -2.65. The molecule has 2 amide bonds. The predicted molar refractivity (Wildman–Crippen MR) is 150 cm³/mol. The number of methoxy groups -OCH3 is 1. The Balaban J connectivity index is 1.65.